The van der Waals surface area contributed by atoms with E-state index in [2.05, 4.69) is 4.98 Å². The molecule has 2 nitrogen and oxygen atoms in total. The van der Waals surface area contributed by atoms with Gasteiger partial charge in [0.05, 0.1) is 10.0 Å². The average Bonchev–Trinajstić information content (AvgIpc) is 2.35. The molecule has 1 fully saturated rings. The molecule has 2 N–H and O–H groups in total. The molecule has 0 aliphatic heterocycles. The number of pyridine rings is 1. The Kier molecular flexibility index (Phi) is 4.53. The Morgan fingerprint density at radius 3 is 2.47 bits per heavy atom. The number of nitrogens with zero attached hydrogens (tertiary/aromatic N) is 1. The lowest BCUT2D eigenvalue weighted by molar-refractivity contribution is 0.308. The van der Waals surface area contributed by atoms with Gasteiger partial charge in [0.1, 0.15) is 5.15 Å². The number of aromatic nitrogens is 1. The van der Waals surface area contributed by atoms with E-state index in [0.717, 1.165) is 18.4 Å². The zero-order valence-electron chi connectivity index (χ0n) is 9.43. The lowest BCUT2D eigenvalue weighted by Gasteiger charge is -2.28. The molecule has 0 amide bonds. The largest absolute Gasteiger partial charge is 0.324 e. The highest BCUT2D eigenvalue weighted by molar-refractivity contribution is 6.43. The van der Waals surface area contributed by atoms with Gasteiger partial charge in [0, 0.05) is 17.8 Å². The van der Waals surface area contributed by atoms with Crippen LogP contribution in [0.1, 0.15) is 43.7 Å². The topological polar surface area (TPSA) is 38.9 Å². The van der Waals surface area contributed by atoms with Crippen LogP contribution in [0.4, 0.5) is 0 Å². The third-order valence-electron chi connectivity index (χ3n) is 3.46. The van der Waals surface area contributed by atoms with Crippen molar-refractivity contribution < 1.29 is 0 Å². The molecule has 5 heteroatoms. The van der Waals surface area contributed by atoms with E-state index in [-0.39, 0.29) is 11.2 Å². The Morgan fingerprint density at radius 1 is 1.18 bits per heavy atom. The van der Waals surface area contributed by atoms with E-state index in [4.69, 9.17) is 40.5 Å². The molecule has 1 aliphatic rings. The molecule has 0 bridgehead atoms. The molecule has 17 heavy (non-hydrogen) atoms. The van der Waals surface area contributed by atoms with Gasteiger partial charge in [-0.2, -0.15) is 0 Å². The van der Waals surface area contributed by atoms with Crippen molar-refractivity contribution in [3.05, 3.63) is 27.0 Å². The second-order valence-electron chi connectivity index (χ2n) is 4.55. The molecule has 1 saturated carbocycles. The molecule has 0 unspecified atom stereocenters. The van der Waals surface area contributed by atoms with Crippen molar-refractivity contribution in [3.8, 4) is 0 Å². The maximum absolute atomic E-state index is 6.28. The van der Waals surface area contributed by atoms with Crippen LogP contribution < -0.4 is 5.73 Å². The first kappa shape index (κ1) is 13.4. The summed E-state index contributed by atoms with van der Waals surface area (Å²) in [5.74, 6) is 0.442. The number of rotatable bonds is 2. The molecule has 2 rings (SSSR count). The van der Waals surface area contributed by atoms with Gasteiger partial charge in [0.15, 0.2) is 0 Å². The van der Waals surface area contributed by atoms with Crippen LogP contribution in [0.15, 0.2) is 6.20 Å². The lowest BCUT2D eigenvalue weighted by Crippen LogP contribution is -2.24. The molecular weight excluding hydrogens is 279 g/mol. The van der Waals surface area contributed by atoms with E-state index in [9.17, 15) is 0 Å². The van der Waals surface area contributed by atoms with E-state index in [1.54, 1.807) is 0 Å². The van der Waals surface area contributed by atoms with Crippen molar-refractivity contribution in [1.82, 2.24) is 4.98 Å². The summed E-state index contributed by atoms with van der Waals surface area (Å²) in [5, 5.41) is 1.19. The fraction of sp³-hybridized carbons (Fsp3) is 0.583. The Labute approximate surface area is 116 Å². The molecule has 1 aromatic heterocycles. The summed E-state index contributed by atoms with van der Waals surface area (Å²) in [4.78, 5) is 3.91. The van der Waals surface area contributed by atoms with Gasteiger partial charge in [-0.25, -0.2) is 4.98 Å². The van der Waals surface area contributed by atoms with Gasteiger partial charge in [-0.05, 0) is 18.8 Å². The van der Waals surface area contributed by atoms with Gasteiger partial charge in [0.2, 0.25) is 0 Å². The first-order chi connectivity index (χ1) is 8.11. The van der Waals surface area contributed by atoms with Crippen LogP contribution in [-0.2, 0) is 0 Å². The van der Waals surface area contributed by atoms with E-state index < -0.39 is 0 Å². The van der Waals surface area contributed by atoms with Gasteiger partial charge >= 0.3 is 0 Å². The van der Waals surface area contributed by atoms with Crippen LogP contribution in [0.5, 0.6) is 0 Å². The van der Waals surface area contributed by atoms with Crippen LogP contribution in [0.25, 0.3) is 0 Å². The third kappa shape index (κ3) is 2.87. The van der Waals surface area contributed by atoms with Gasteiger partial charge in [-0.3, -0.25) is 0 Å². The van der Waals surface area contributed by atoms with Crippen LogP contribution >= 0.6 is 34.8 Å². The molecule has 1 aliphatic carbocycles. The van der Waals surface area contributed by atoms with Crippen LogP contribution in [0.2, 0.25) is 15.2 Å². The minimum absolute atomic E-state index is 0.143. The highest BCUT2D eigenvalue weighted by atomic mass is 35.5. The molecular formula is C12H15Cl3N2. The van der Waals surface area contributed by atoms with Crippen molar-refractivity contribution in [1.29, 1.82) is 0 Å². The summed E-state index contributed by atoms with van der Waals surface area (Å²) >= 11 is 18.2. The summed E-state index contributed by atoms with van der Waals surface area (Å²) in [6.07, 6.45) is 7.54. The summed E-state index contributed by atoms with van der Waals surface area (Å²) in [7, 11) is 0. The lowest BCUT2D eigenvalue weighted by atomic mass is 9.82. The zero-order valence-corrected chi connectivity index (χ0v) is 11.7. The van der Waals surface area contributed by atoms with Crippen molar-refractivity contribution in [2.75, 3.05) is 0 Å². The Bertz CT molecular complexity index is 403. The monoisotopic (exact) mass is 292 g/mol. The molecule has 0 aromatic carbocycles. The fourth-order valence-corrected chi connectivity index (χ4v) is 3.23. The van der Waals surface area contributed by atoms with Crippen LogP contribution in [-0.4, -0.2) is 4.98 Å². The highest BCUT2D eigenvalue weighted by Gasteiger charge is 2.26. The first-order valence-corrected chi connectivity index (χ1v) is 6.99. The minimum Gasteiger partial charge on any atom is -0.324 e. The predicted octanol–water partition coefficient (Wildman–Crippen LogP) is 4.62. The highest BCUT2D eigenvalue weighted by Crippen LogP contribution is 2.40. The zero-order chi connectivity index (χ0) is 12.4. The Balaban J connectivity index is 2.29. The van der Waals surface area contributed by atoms with Crippen molar-refractivity contribution in [2.45, 2.75) is 38.1 Å². The molecule has 1 aromatic rings. The third-order valence-corrected chi connectivity index (χ3v) is 4.52. The second kappa shape index (κ2) is 5.75. The van der Waals surface area contributed by atoms with Gasteiger partial charge in [-0.15, -0.1) is 0 Å². The minimum atomic E-state index is -0.143. The molecule has 0 spiro atoms. The van der Waals surface area contributed by atoms with Crippen molar-refractivity contribution >= 4 is 34.8 Å². The van der Waals surface area contributed by atoms with Crippen LogP contribution in [0, 0.1) is 5.92 Å². The number of nitrogens with two attached hydrogens (primary N) is 1. The maximum atomic E-state index is 6.28. The van der Waals surface area contributed by atoms with E-state index in [1.165, 1.54) is 25.5 Å². The fourth-order valence-electron chi connectivity index (χ4n) is 2.49. The molecule has 1 heterocycles. The van der Waals surface area contributed by atoms with E-state index >= 15 is 0 Å². The molecule has 0 saturated heterocycles. The number of halogens is 3. The van der Waals surface area contributed by atoms with Crippen molar-refractivity contribution in [3.63, 3.8) is 0 Å². The van der Waals surface area contributed by atoms with E-state index in [0.29, 0.717) is 16.0 Å². The predicted molar refractivity (Wildman–Crippen MR) is 72.8 cm³/mol. The van der Waals surface area contributed by atoms with Gasteiger partial charge in [-0.1, -0.05) is 54.1 Å². The van der Waals surface area contributed by atoms with E-state index in [1.807, 2.05) is 0 Å². The summed E-state index contributed by atoms with van der Waals surface area (Å²) in [5.41, 5.74) is 7.04. The molecule has 1 atom stereocenters. The molecule has 94 valence electrons. The normalized spacial score (nSPS) is 19.3. The Morgan fingerprint density at radius 2 is 1.82 bits per heavy atom. The Hall–Kier alpha value is -0.0200. The first-order valence-electron chi connectivity index (χ1n) is 5.86. The standard InChI is InChI=1S/C12H15Cl3N2/c13-8-6-17-12(15)10(14)9(8)11(16)7-4-2-1-3-5-7/h6-7,11H,1-5,16H2/t11-/m1/s1. The number of hydrogen-bond donors (Lipinski definition) is 1. The van der Waals surface area contributed by atoms with Gasteiger partial charge < -0.3 is 5.73 Å². The SMILES string of the molecule is N[C@@H](c1c(Cl)cnc(Cl)c1Cl)C1CCCCC1. The van der Waals surface area contributed by atoms with Gasteiger partial charge in [0.25, 0.3) is 0 Å². The second-order valence-corrected chi connectivity index (χ2v) is 5.69. The smallest absolute Gasteiger partial charge is 0.148 e. The number of hydrogen-bond acceptors (Lipinski definition) is 2. The average molecular weight is 294 g/mol. The van der Waals surface area contributed by atoms with Crippen LogP contribution in [0.3, 0.4) is 0 Å². The summed E-state index contributed by atoms with van der Waals surface area (Å²) < 4.78 is 0. The van der Waals surface area contributed by atoms with Crippen molar-refractivity contribution in [2.24, 2.45) is 11.7 Å². The quantitative estimate of drug-likeness (QED) is 0.808. The molecule has 0 radical (unpaired) electrons. The summed E-state index contributed by atoms with van der Waals surface area (Å²) in [6.45, 7) is 0. The summed E-state index contributed by atoms with van der Waals surface area (Å²) in [6, 6.07) is -0.143. The maximum Gasteiger partial charge on any atom is 0.148 e.